The van der Waals surface area contributed by atoms with Crippen LogP contribution in [0.3, 0.4) is 0 Å². The number of thiophene rings is 1. The molecule has 0 saturated heterocycles. The molecule has 2 aromatic carbocycles. The third kappa shape index (κ3) is 2.55. The second-order valence-corrected chi connectivity index (χ2v) is 6.00. The van der Waals surface area contributed by atoms with Crippen LogP contribution in [0.15, 0.2) is 64.1 Å². The van der Waals surface area contributed by atoms with Gasteiger partial charge in [0.05, 0.1) is 5.69 Å². The van der Waals surface area contributed by atoms with Crippen LogP contribution in [0.5, 0.6) is 0 Å². The SMILES string of the molecule is ONC=Nc1c(-c2nc(-c3ccccc3)no2)sc2ccccc12. The van der Waals surface area contributed by atoms with Crippen LogP contribution in [0.2, 0.25) is 0 Å². The minimum Gasteiger partial charge on any atom is -0.333 e. The molecule has 0 unspecified atom stereocenters. The minimum absolute atomic E-state index is 0.403. The molecule has 4 rings (SSSR count). The number of nitrogens with zero attached hydrogens (tertiary/aromatic N) is 3. The van der Waals surface area contributed by atoms with Crippen molar-refractivity contribution in [1.29, 1.82) is 0 Å². The van der Waals surface area contributed by atoms with E-state index < -0.39 is 0 Å². The third-order valence-electron chi connectivity index (χ3n) is 3.47. The highest BCUT2D eigenvalue weighted by molar-refractivity contribution is 7.23. The smallest absolute Gasteiger partial charge is 0.270 e. The molecule has 0 aliphatic carbocycles. The van der Waals surface area contributed by atoms with Crippen LogP contribution in [0.4, 0.5) is 5.69 Å². The molecule has 7 heteroatoms. The summed E-state index contributed by atoms with van der Waals surface area (Å²) in [6.45, 7) is 0. The monoisotopic (exact) mass is 336 g/mol. The van der Waals surface area contributed by atoms with Crippen LogP contribution in [-0.2, 0) is 0 Å². The van der Waals surface area contributed by atoms with E-state index in [9.17, 15) is 0 Å². The van der Waals surface area contributed by atoms with E-state index in [4.69, 9.17) is 9.73 Å². The van der Waals surface area contributed by atoms with E-state index in [0.29, 0.717) is 17.4 Å². The van der Waals surface area contributed by atoms with E-state index in [1.807, 2.05) is 60.1 Å². The van der Waals surface area contributed by atoms with Crippen LogP contribution in [-0.4, -0.2) is 21.7 Å². The van der Waals surface area contributed by atoms with Gasteiger partial charge in [-0.05, 0) is 6.07 Å². The lowest BCUT2D eigenvalue weighted by Gasteiger charge is -1.94. The lowest BCUT2D eigenvalue weighted by molar-refractivity contribution is 0.240. The lowest BCUT2D eigenvalue weighted by Crippen LogP contribution is -2.00. The fourth-order valence-corrected chi connectivity index (χ4v) is 3.49. The molecule has 0 aliphatic rings. The Kier molecular flexibility index (Phi) is 3.78. The Balaban J connectivity index is 1.85. The van der Waals surface area contributed by atoms with Gasteiger partial charge >= 0.3 is 0 Å². The standard InChI is InChI=1S/C17H12N4O2S/c22-19-10-18-14-12-8-4-5-9-13(12)24-15(14)17-20-16(21-23-17)11-6-2-1-3-7-11/h1-10,22H,(H,18,19). The summed E-state index contributed by atoms with van der Waals surface area (Å²) in [5.41, 5.74) is 3.49. The maximum absolute atomic E-state index is 8.80. The van der Waals surface area contributed by atoms with Crippen LogP contribution in [0.25, 0.3) is 32.2 Å². The molecule has 4 aromatic rings. The average molecular weight is 336 g/mol. The van der Waals surface area contributed by atoms with E-state index in [1.165, 1.54) is 17.7 Å². The number of aliphatic imine (C=N–C) groups is 1. The molecule has 2 N–H and O–H groups in total. The molecule has 0 saturated carbocycles. The molecular formula is C17H12N4O2S. The van der Waals surface area contributed by atoms with Crippen molar-refractivity contribution in [2.45, 2.75) is 0 Å². The highest BCUT2D eigenvalue weighted by atomic mass is 32.1. The molecule has 6 nitrogen and oxygen atoms in total. The first-order chi connectivity index (χ1) is 11.9. The third-order valence-corrected chi connectivity index (χ3v) is 4.62. The van der Waals surface area contributed by atoms with Crippen LogP contribution in [0.1, 0.15) is 0 Å². The molecular weight excluding hydrogens is 324 g/mol. The zero-order valence-corrected chi connectivity index (χ0v) is 13.2. The molecule has 0 fully saturated rings. The summed E-state index contributed by atoms with van der Waals surface area (Å²) >= 11 is 1.52. The van der Waals surface area contributed by atoms with Crippen LogP contribution >= 0.6 is 11.3 Å². The topological polar surface area (TPSA) is 83.5 Å². The zero-order valence-electron chi connectivity index (χ0n) is 12.4. The molecule has 0 radical (unpaired) electrons. The number of hydrogen-bond donors (Lipinski definition) is 2. The highest BCUT2D eigenvalue weighted by Gasteiger charge is 2.19. The van der Waals surface area contributed by atoms with Gasteiger partial charge in [0.2, 0.25) is 5.82 Å². The number of rotatable bonds is 4. The average Bonchev–Trinajstić information content (AvgIpc) is 3.25. The van der Waals surface area contributed by atoms with Crippen molar-refractivity contribution in [3.05, 3.63) is 54.6 Å². The first-order valence-corrected chi connectivity index (χ1v) is 8.01. The van der Waals surface area contributed by atoms with Crippen molar-refractivity contribution in [3.8, 4) is 22.2 Å². The normalized spacial score (nSPS) is 11.4. The highest BCUT2D eigenvalue weighted by Crippen LogP contribution is 2.43. The summed E-state index contributed by atoms with van der Waals surface area (Å²) in [6, 6.07) is 17.5. The fourth-order valence-electron chi connectivity index (χ4n) is 2.42. The van der Waals surface area contributed by atoms with Crippen LogP contribution < -0.4 is 5.48 Å². The van der Waals surface area contributed by atoms with Crippen LogP contribution in [0, 0.1) is 0 Å². The van der Waals surface area contributed by atoms with Gasteiger partial charge in [0.1, 0.15) is 11.2 Å². The summed E-state index contributed by atoms with van der Waals surface area (Å²) in [6.07, 6.45) is 1.21. The first-order valence-electron chi connectivity index (χ1n) is 7.20. The summed E-state index contributed by atoms with van der Waals surface area (Å²) in [5.74, 6) is 0.929. The predicted octanol–water partition coefficient (Wildman–Crippen LogP) is 4.26. The van der Waals surface area contributed by atoms with Gasteiger partial charge in [0, 0.05) is 15.6 Å². The summed E-state index contributed by atoms with van der Waals surface area (Å²) < 4.78 is 6.50. The van der Waals surface area contributed by atoms with Gasteiger partial charge in [-0.2, -0.15) is 4.98 Å². The summed E-state index contributed by atoms with van der Waals surface area (Å²) in [5, 5.41) is 13.8. The zero-order chi connectivity index (χ0) is 16.4. The molecule has 0 atom stereocenters. The second kappa shape index (κ2) is 6.23. The van der Waals surface area contributed by atoms with E-state index in [2.05, 4.69) is 15.1 Å². The molecule has 0 spiro atoms. The Hall–Kier alpha value is -3.03. The summed E-state index contributed by atoms with van der Waals surface area (Å²) in [7, 11) is 0. The Morgan fingerprint density at radius 2 is 1.88 bits per heavy atom. The number of hydrogen-bond acceptors (Lipinski definition) is 6. The Morgan fingerprint density at radius 1 is 1.08 bits per heavy atom. The number of fused-ring (bicyclic) bond motifs is 1. The Morgan fingerprint density at radius 3 is 2.71 bits per heavy atom. The number of aromatic nitrogens is 2. The molecule has 2 heterocycles. The van der Waals surface area contributed by atoms with Crippen molar-refractivity contribution >= 4 is 33.4 Å². The van der Waals surface area contributed by atoms with Crippen molar-refractivity contribution in [1.82, 2.24) is 15.6 Å². The predicted molar refractivity (Wildman–Crippen MR) is 93.6 cm³/mol. The van der Waals surface area contributed by atoms with E-state index in [0.717, 1.165) is 20.5 Å². The molecule has 0 bridgehead atoms. The molecule has 2 aromatic heterocycles. The number of nitrogens with one attached hydrogen (secondary N) is 1. The maximum atomic E-state index is 8.80. The van der Waals surface area contributed by atoms with Crippen molar-refractivity contribution in [2.24, 2.45) is 4.99 Å². The molecule has 0 aliphatic heterocycles. The van der Waals surface area contributed by atoms with Crippen molar-refractivity contribution in [3.63, 3.8) is 0 Å². The molecule has 24 heavy (non-hydrogen) atoms. The van der Waals surface area contributed by atoms with Crippen molar-refractivity contribution in [2.75, 3.05) is 0 Å². The number of benzene rings is 2. The van der Waals surface area contributed by atoms with Crippen molar-refractivity contribution < 1.29 is 9.73 Å². The van der Waals surface area contributed by atoms with E-state index in [-0.39, 0.29) is 0 Å². The lowest BCUT2D eigenvalue weighted by atomic mass is 10.2. The van der Waals surface area contributed by atoms with Gasteiger partial charge in [-0.3, -0.25) is 10.7 Å². The number of hydroxylamine groups is 1. The minimum atomic E-state index is 0.403. The largest absolute Gasteiger partial charge is 0.333 e. The fraction of sp³-hybridized carbons (Fsp3) is 0. The molecule has 0 amide bonds. The Labute approximate surface area is 141 Å². The van der Waals surface area contributed by atoms with E-state index >= 15 is 0 Å². The van der Waals surface area contributed by atoms with Gasteiger partial charge in [-0.25, -0.2) is 4.99 Å². The quantitative estimate of drug-likeness (QED) is 0.330. The maximum Gasteiger partial charge on any atom is 0.270 e. The van der Waals surface area contributed by atoms with E-state index in [1.54, 1.807) is 0 Å². The van der Waals surface area contributed by atoms with Gasteiger partial charge < -0.3 is 4.52 Å². The second-order valence-electron chi connectivity index (χ2n) is 4.95. The molecule has 118 valence electrons. The summed E-state index contributed by atoms with van der Waals surface area (Å²) in [4.78, 5) is 9.52. The first kappa shape index (κ1) is 14.6. The van der Waals surface area contributed by atoms with Gasteiger partial charge in [-0.15, -0.1) is 11.3 Å². The van der Waals surface area contributed by atoms with Gasteiger partial charge in [0.15, 0.2) is 0 Å². The van der Waals surface area contributed by atoms with Gasteiger partial charge in [-0.1, -0.05) is 53.7 Å². The van der Waals surface area contributed by atoms with Gasteiger partial charge in [0.25, 0.3) is 5.89 Å². The Bertz CT molecular complexity index is 1010.